The monoisotopic (exact) mass is 539 g/mol. The molecule has 0 fully saturated rings. The lowest BCUT2D eigenvalue weighted by atomic mass is 9.68. The second-order valence-corrected chi connectivity index (χ2v) is 12.8. The molecule has 5 N–H and O–H groups in total. The number of unbranched alkanes of at least 4 members (excludes halogenated alkanes) is 2. The number of aromatic hydroxyl groups is 3. The largest absolute Gasteiger partial charge is 0.508 e. The first-order valence-corrected chi connectivity index (χ1v) is 14.4. The predicted molar refractivity (Wildman–Crippen MR) is 158 cm³/mol. The Morgan fingerprint density at radius 2 is 1.69 bits per heavy atom. The molecule has 4 rings (SSSR count). The van der Waals surface area contributed by atoms with Gasteiger partial charge in [0, 0.05) is 35.5 Å². The Morgan fingerprint density at radius 1 is 1.03 bits per heavy atom. The maximum absolute atomic E-state index is 10.7. The van der Waals surface area contributed by atoms with E-state index >= 15 is 0 Å². The molecule has 2 aliphatic rings. The maximum Gasteiger partial charge on any atom is 0.127 e. The third-order valence-corrected chi connectivity index (χ3v) is 7.73. The maximum atomic E-state index is 10.7. The van der Waals surface area contributed by atoms with Crippen molar-refractivity contribution in [3.05, 3.63) is 58.7 Å². The Balaban J connectivity index is 0.000000231. The Kier molecular flexibility index (Phi) is 10.0. The molecular formula is C33H49NO5. The molecule has 0 bridgehead atoms. The van der Waals surface area contributed by atoms with Gasteiger partial charge in [0.05, 0.1) is 6.10 Å². The van der Waals surface area contributed by atoms with Gasteiger partial charge in [0.1, 0.15) is 28.6 Å². The van der Waals surface area contributed by atoms with Crippen LogP contribution >= 0.6 is 0 Å². The number of hydrogen-bond donors (Lipinski definition) is 5. The summed E-state index contributed by atoms with van der Waals surface area (Å²) in [5.74, 6) is 1.94. The third-order valence-electron chi connectivity index (χ3n) is 7.73. The Hall–Kier alpha value is -2.70. The SMILES string of the molecule is CC(C)(C)NCC(O)c1cc(O)cc(O)c1.CCCCCc1cc(O)c2c(c1)OC(C)(C)[C@@H]1CCC(C)=C[C@@H]21. The van der Waals surface area contributed by atoms with Crippen LogP contribution in [-0.4, -0.2) is 38.1 Å². The minimum atomic E-state index is -0.753. The van der Waals surface area contributed by atoms with Gasteiger partial charge in [-0.1, -0.05) is 31.4 Å². The molecule has 0 aromatic heterocycles. The highest BCUT2D eigenvalue weighted by molar-refractivity contribution is 5.54. The second-order valence-electron chi connectivity index (χ2n) is 12.8. The summed E-state index contributed by atoms with van der Waals surface area (Å²) in [6.45, 7) is 15.2. The van der Waals surface area contributed by atoms with Crippen LogP contribution in [0.25, 0.3) is 0 Å². The van der Waals surface area contributed by atoms with Crippen molar-refractivity contribution in [2.24, 2.45) is 5.92 Å². The van der Waals surface area contributed by atoms with Gasteiger partial charge in [-0.05, 0) is 103 Å². The lowest BCUT2D eigenvalue weighted by Gasteiger charge is -2.46. The molecule has 1 unspecified atom stereocenters. The number of phenolic OH excluding ortho intramolecular Hbond substituents is 3. The smallest absolute Gasteiger partial charge is 0.127 e. The zero-order valence-corrected chi connectivity index (χ0v) is 24.8. The van der Waals surface area contributed by atoms with E-state index < -0.39 is 6.10 Å². The summed E-state index contributed by atoms with van der Waals surface area (Å²) >= 11 is 0. The number of phenols is 3. The van der Waals surface area contributed by atoms with E-state index in [1.54, 1.807) is 0 Å². The van der Waals surface area contributed by atoms with Crippen molar-refractivity contribution >= 4 is 0 Å². The highest BCUT2D eigenvalue weighted by Crippen LogP contribution is 2.53. The van der Waals surface area contributed by atoms with Gasteiger partial charge in [0.2, 0.25) is 0 Å². The molecule has 3 atom stereocenters. The van der Waals surface area contributed by atoms with Crippen molar-refractivity contribution in [1.82, 2.24) is 5.32 Å². The van der Waals surface area contributed by atoms with Crippen LogP contribution in [0.4, 0.5) is 0 Å². The fourth-order valence-electron chi connectivity index (χ4n) is 5.63. The Morgan fingerprint density at radius 3 is 2.31 bits per heavy atom. The number of hydrogen-bond acceptors (Lipinski definition) is 6. The van der Waals surface area contributed by atoms with Crippen LogP contribution in [0.1, 0.15) is 109 Å². The molecule has 0 saturated heterocycles. The van der Waals surface area contributed by atoms with Crippen molar-refractivity contribution in [2.45, 2.75) is 110 Å². The zero-order chi connectivity index (χ0) is 29.0. The summed E-state index contributed by atoms with van der Waals surface area (Å²) in [5.41, 5.74) is 3.87. The molecule has 0 saturated carbocycles. The summed E-state index contributed by atoms with van der Waals surface area (Å²) in [6, 6.07) is 8.24. The number of aliphatic hydroxyl groups excluding tert-OH is 1. The molecule has 0 radical (unpaired) electrons. The molecule has 1 aliphatic heterocycles. The van der Waals surface area contributed by atoms with Gasteiger partial charge in [-0.15, -0.1) is 0 Å². The topological polar surface area (TPSA) is 102 Å². The molecule has 0 spiro atoms. The second kappa shape index (κ2) is 12.6. The quantitative estimate of drug-likeness (QED) is 0.188. The number of benzene rings is 2. The van der Waals surface area contributed by atoms with E-state index in [0.29, 0.717) is 23.8 Å². The molecular weight excluding hydrogens is 490 g/mol. The van der Waals surface area contributed by atoms with Crippen molar-refractivity contribution in [3.63, 3.8) is 0 Å². The van der Waals surface area contributed by atoms with Crippen LogP contribution in [0.5, 0.6) is 23.0 Å². The summed E-state index contributed by atoms with van der Waals surface area (Å²) in [5, 5.41) is 42.2. The average molecular weight is 540 g/mol. The summed E-state index contributed by atoms with van der Waals surface area (Å²) in [4.78, 5) is 0. The molecule has 1 heterocycles. The first kappa shape index (κ1) is 30.8. The van der Waals surface area contributed by atoms with Gasteiger partial charge in [-0.2, -0.15) is 0 Å². The number of fused-ring (bicyclic) bond motifs is 3. The molecule has 0 amide bonds. The van der Waals surface area contributed by atoms with Crippen molar-refractivity contribution < 1.29 is 25.2 Å². The van der Waals surface area contributed by atoms with E-state index in [-0.39, 0.29) is 28.6 Å². The van der Waals surface area contributed by atoms with Crippen LogP contribution in [0.15, 0.2) is 42.0 Å². The van der Waals surface area contributed by atoms with Crippen molar-refractivity contribution in [1.29, 1.82) is 0 Å². The predicted octanol–water partition coefficient (Wildman–Crippen LogP) is 7.26. The lowest BCUT2D eigenvalue weighted by molar-refractivity contribution is 0.0107. The van der Waals surface area contributed by atoms with Gasteiger partial charge >= 0.3 is 0 Å². The molecule has 6 nitrogen and oxygen atoms in total. The Labute approximate surface area is 234 Å². The number of aliphatic hydroxyl groups is 1. The van der Waals surface area contributed by atoms with Gasteiger partial charge in [0.25, 0.3) is 0 Å². The normalized spacial score (nSPS) is 20.5. The molecule has 1 aliphatic carbocycles. The van der Waals surface area contributed by atoms with Gasteiger partial charge in [-0.25, -0.2) is 0 Å². The lowest BCUT2D eigenvalue weighted by Crippen LogP contribution is -2.45. The first-order chi connectivity index (χ1) is 18.2. The number of β-amino-alcohol motifs (C(OH)–C–C–N with tert-alkyl or cyclic N) is 1. The average Bonchev–Trinajstić information content (AvgIpc) is 2.81. The van der Waals surface area contributed by atoms with Crippen molar-refractivity contribution in [2.75, 3.05) is 6.54 Å². The molecule has 6 heteroatoms. The Bertz CT molecular complexity index is 1130. The van der Waals surface area contributed by atoms with E-state index in [1.807, 2.05) is 26.8 Å². The van der Waals surface area contributed by atoms with Crippen molar-refractivity contribution in [3.8, 4) is 23.0 Å². The number of rotatable bonds is 7. The van der Waals surface area contributed by atoms with Gasteiger partial charge < -0.3 is 30.5 Å². The summed E-state index contributed by atoms with van der Waals surface area (Å²) < 4.78 is 6.36. The molecule has 2 aromatic carbocycles. The van der Waals surface area contributed by atoms with E-state index in [0.717, 1.165) is 30.6 Å². The minimum absolute atomic E-state index is 0.0511. The van der Waals surface area contributed by atoms with E-state index in [1.165, 1.54) is 48.6 Å². The fraction of sp³-hybridized carbons (Fsp3) is 0.576. The van der Waals surface area contributed by atoms with E-state index in [4.69, 9.17) is 4.74 Å². The van der Waals surface area contributed by atoms with Crippen LogP contribution in [0, 0.1) is 5.92 Å². The summed E-state index contributed by atoms with van der Waals surface area (Å²) in [7, 11) is 0. The number of nitrogens with one attached hydrogen (secondary N) is 1. The highest BCUT2D eigenvalue weighted by Gasteiger charge is 2.45. The minimum Gasteiger partial charge on any atom is -0.508 e. The number of ether oxygens (including phenoxy) is 1. The third kappa shape index (κ3) is 8.39. The zero-order valence-electron chi connectivity index (χ0n) is 24.8. The van der Waals surface area contributed by atoms with Crippen LogP contribution in [0.3, 0.4) is 0 Å². The molecule has 39 heavy (non-hydrogen) atoms. The number of allylic oxidation sites excluding steroid dienone is 2. The molecule has 216 valence electrons. The van der Waals surface area contributed by atoms with E-state index in [2.05, 4.69) is 45.2 Å². The van der Waals surface area contributed by atoms with E-state index in [9.17, 15) is 20.4 Å². The van der Waals surface area contributed by atoms with Crippen LogP contribution in [-0.2, 0) is 6.42 Å². The molecule has 2 aromatic rings. The summed E-state index contributed by atoms with van der Waals surface area (Å²) in [6.07, 6.45) is 8.51. The number of aryl methyl sites for hydroxylation is 1. The van der Waals surface area contributed by atoms with Crippen LogP contribution in [0.2, 0.25) is 0 Å². The van der Waals surface area contributed by atoms with Gasteiger partial charge in [0.15, 0.2) is 0 Å². The standard InChI is InChI=1S/C21H30O2.C12H19NO3/c1-5-6-7-8-15-12-18(22)20-16-11-14(2)9-10-17(16)21(3,4)23-19(20)13-15;1-12(2,3)13-7-11(16)8-4-9(14)6-10(15)5-8/h11-13,16-17,22H,5-10H2,1-4H3;4-6,11,13-16H,7H2,1-3H3/t16-,17-;/m1./s1. The first-order valence-electron chi connectivity index (χ1n) is 14.4. The fourth-order valence-corrected chi connectivity index (χ4v) is 5.63. The van der Waals surface area contributed by atoms with Crippen LogP contribution < -0.4 is 10.1 Å². The van der Waals surface area contributed by atoms with Gasteiger partial charge in [-0.3, -0.25) is 0 Å². The highest BCUT2D eigenvalue weighted by atomic mass is 16.5.